The molecule has 0 aliphatic rings. The van der Waals surface area contributed by atoms with Gasteiger partial charge in [-0.2, -0.15) is 0 Å². The standard InChI is InChI=1S/C13H19BCl2O2P/c1-12(2,13(3,4)19)18-14-9-6-8(17-5)7-10(15)11(9)16/h6-7H,19H2,1-5H3. The van der Waals surface area contributed by atoms with Crippen LogP contribution in [0.15, 0.2) is 12.1 Å². The van der Waals surface area contributed by atoms with Crippen LogP contribution < -0.4 is 10.2 Å². The van der Waals surface area contributed by atoms with Gasteiger partial charge in [-0.1, -0.05) is 37.0 Å². The molecule has 0 amide bonds. The fraction of sp³-hybridized carbons (Fsp3) is 0.538. The van der Waals surface area contributed by atoms with Crippen molar-refractivity contribution in [3.63, 3.8) is 0 Å². The Balaban J connectivity index is 2.92. The lowest BCUT2D eigenvalue weighted by Gasteiger charge is -2.39. The molecule has 0 fully saturated rings. The highest BCUT2D eigenvalue weighted by Gasteiger charge is 2.34. The molecule has 1 aromatic carbocycles. The number of halogens is 2. The van der Waals surface area contributed by atoms with E-state index in [4.69, 9.17) is 32.6 Å². The molecule has 1 aromatic rings. The first kappa shape index (κ1) is 17.1. The normalized spacial score (nSPS) is 12.4. The molecule has 1 unspecified atom stereocenters. The molecular formula is C13H19BCl2O2P. The average molecular weight is 320 g/mol. The number of hydrogen-bond acceptors (Lipinski definition) is 2. The molecule has 0 aliphatic carbocycles. The maximum Gasteiger partial charge on any atom is 0.332 e. The van der Waals surface area contributed by atoms with E-state index < -0.39 is 0 Å². The van der Waals surface area contributed by atoms with Crippen LogP contribution >= 0.6 is 32.4 Å². The molecule has 1 radical (unpaired) electrons. The monoisotopic (exact) mass is 319 g/mol. The number of hydrogen-bond donors (Lipinski definition) is 0. The first-order valence-corrected chi connectivity index (χ1v) is 7.25. The van der Waals surface area contributed by atoms with Crippen LogP contribution in [-0.4, -0.2) is 25.3 Å². The lowest BCUT2D eigenvalue weighted by Crippen LogP contribution is -2.45. The third kappa shape index (κ3) is 4.26. The largest absolute Gasteiger partial charge is 0.497 e. The molecule has 1 atom stereocenters. The Kier molecular flexibility index (Phi) is 5.60. The van der Waals surface area contributed by atoms with Gasteiger partial charge in [0.05, 0.1) is 22.8 Å². The second-order valence-corrected chi connectivity index (χ2v) is 7.71. The zero-order valence-corrected chi connectivity index (χ0v) is 14.5. The van der Waals surface area contributed by atoms with Crippen LogP contribution in [0.5, 0.6) is 5.75 Å². The zero-order valence-electron chi connectivity index (χ0n) is 11.9. The van der Waals surface area contributed by atoms with E-state index >= 15 is 0 Å². The second kappa shape index (κ2) is 6.22. The maximum absolute atomic E-state index is 6.16. The molecular weight excluding hydrogens is 301 g/mol. The van der Waals surface area contributed by atoms with Crippen molar-refractivity contribution in [2.75, 3.05) is 7.11 Å². The van der Waals surface area contributed by atoms with Crippen molar-refractivity contribution in [3.05, 3.63) is 22.2 Å². The van der Waals surface area contributed by atoms with Crippen LogP contribution in [0.3, 0.4) is 0 Å². The Hall–Kier alpha value is 0.0549. The minimum absolute atomic E-state index is 0.0847. The fourth-order valence-corrected chi connectivity index (χ4v) is 1.59. The van der Waals surface area contributed by atoms with Crippen LogP contribution in [0.1, 0.15) is 27.7 Å². The van der Waals surface area contributed by atoms with Crippen LogP contribution in [0.25, 0.3) is 0 Å². The molecule has 2 nitrogen and oxygen atoms in total. The molecule has 19 heavy (non-hydrogen) atoms. The third-order valence-electron chi connectivity index (χ3n) is 3.30. The van der Waals surface area contributed by atoms with E-state index in [2.05, 4.69) is 23.1 Å². The summed E-state index contributed by atoms with van der Waals surface area (Å²) in [5, 5.41) is 0.817. The van der Waals surface area contributed by atoms with E-state index in [-0.39, 0.29) is 10.8 Å². The van der Waals surface area contributed by atoms with E-state index in [1.165, 1.54) is 0 Å². The molecule has 6 heteroatoms. The highest BCUT2D eigenvalue weighted by atomic mass is 35.5. The number of ether oxygens (including phenoxy) is 1. The molecule has 0 bridgehead atoms. The Morgan fingerprint density at radius 2 is 1.74 bits per heavy atom. The molecule has 0 heterocycles. The number of benzene rings is 1. The van der Waals surface area contributed by atoms with E-state index in [0.717, 1.165) is 0 Å². The van der Waals surface area contributed by atoms with Crippen molar-refractivity contribution in [1.29, 1.82) is 0 Å². The summed E-state index contributed by atoms with van der Waals surface area (Å²) in [5.74, 6) is 0.646. The average Bonchev–Trinajstić information content (AvgIpc) is 2.29. The molecule has 0 aromatic heterocycles. The summed E-state index contributed by atoms with van der Waals surface area (Å²) in [7, 11) is 5.99. The summed E-state index contributed by atoms with van der Waals surface area (Å²) >= 11 is 12.2. The predicted molar refractivity (Wildman–Crippen MR) is 87.4 cm³/mol. The van der Waals surface area contributed by atoms with Gasteiger partial charge in [0.2, 0.25) is 0 Å². The van der Waals surface area contributed by atoms with Gasteiger partial charge in [0.1, 0.15) is 5.75 Å². The molecule has 105 valence electrons. The Morgan fingerprint density at radius 3 is 2.21 bits per heavy atom. The van der Waals surface area contributed by atoms with Gasteiger partial charge < -0.3 is 9.39 Å². The van der Waals surface area contributed by atoms with Gasteiger partial charge in [0.25, 0.3) is 0 Å². The summed E-state index contributed by atoms with van der Waals surface area (Å²) in [6.07, 6.45) is 0. The topological polar surface area (TPSA) is 18.5 Å². The molecule has 0 saturated heterocycles. The lowest BCUT2D eigenvalue weighted by molar-refractivity contribution is 0.0841. The summed E-state index contributed by atoms with van der Waals surface area (Å²) < 4.78 is 11.0. The van der Waals surface area contributed by atoms with Crippen molar-refractivity contribution in [2.24, 2.45) is 0 Å². The van der Waals surface area contributed by atoms with Gasteiger partial charge in [-0.05, 0) is 25.4 Å². The van der Waals surface area contributed by atoms with Crippen molar-refractivity contribution in [3.8, 4) is 5.75 Å². The van der Waals surface area contributed by atoms with Crippen LogP contribution in [0.4, 0.5) is 0 Å². The van der Waals surface area contributed by atoms with Crippen molar-refractivity contribution >= 4 is 45.4 Å². The Bertz CT molecular complexity index is 459. The first-order valence-electron chi connectivity index (χ1n) is 5.91. The highest BCUT2D eigenvalue weighted by molar-refractivity contribution is 7.19. The number of rotatable bonds is 5. The minimum Gasteiger partial charge on any atom is -0.497 e. The molecule has 0 saturated carbocycles. The summed E-state index contributed by atoms with van der Waals surface area (Å²) in [6.45, 7) is 8.22. The van der Waals surface area contributed by atoms with Crippen molar-refractivity contribution in [2.45, 2.75) is 38.5 Å². The summed E-state index contributed by atoms with van der Waals surface area (Å²) in [4.78, 5) is 0. The maximum atomic E-state index is 6.16. The minimum atomic E-state index is -0.365. The Morgan fingerprint density at radius 1 is 1.16 bits per heavy atom. The van der Waals surface area contributed by atoms with Gasteiger partial charge in [0, 0.05) is 11.2 Å². The first-order chi connectivity index (χ1) is 8.58. The smallest absolute Gasteiger partial charge is 0.332 e. The van der Waals surface area contributed by atoms with Gasteiger partial charge in [-0.15, -0.1) is 9.24 Å². The lowest BCUT2D eigenvalue weighted by atomic mass is 9.84. The van der Waals surface area contributed by atoms with Gasteiger partial charge in [-0.3, -0.25) is 0 Å². The Labute approximate surface area is 128 Å². The quantitative estimate of drug-likeness (QED) is 0.608. The van der Waals surface area contributed by atoms with Crippen molar-refractivity contribution in [1.82, 2.24) is 0 Å². The van der Waals surface area contributed by atoms with E-state index in [0.29, 0.717) is 21.3 Å². The molecule has 0 spiro atoms. The van der Waals surface area contributed by atoms with Crippen LogP contribution in [0, 0.1) is 0 Å². The fourth-order valence-electron chi connectivity index (χ4n) is 1.15. The highest BCUT2D eigenvalue weighted by Crippen LogP contribution is 2.33. The zero-order chi connectivity index (χ0) is 14.8. The van der Waals surface area contributed by atoms with Gasteiger partial charge >= 0.3 is 7.48 Å². The van der Waals surface area contributed by atoms with Crippen molar-refractivity contribution < 1.29 is 9.39 Å². The predicted octanol–water partition coefficient (Wildman–Crippen LogP) is 3.70. The SMILES string of the molecule is COc1cc(Cl)c(Cl)c([B]OC(C)(C)C(C)(C)P)c1. The van der Waals surface area contributed by atoms with Gasteiger partial charge in [0.15, 0.2) is 0 Å². The van der Waals surface area contributed by atoms with E-state index in [1.807, 2.05) is 13.8 Å². The molecule has 0 N–H and O–H groups in total. The third-order valence-corrected chi connectivity index (χ3v) is 4.81. The van der Waals surface area contributed by atoms with E-state index in [1.54, 1.807) is 26.7 Å². The van der Waals surface area contributed by atoms with Crippen LogP contribution in [-0.2, 0) is 4.65 Å². The van der Waals surface area contributed by atoms with Crippen LogP contribution in [0.2, 0.25) is 10.0 Å². The summed E-state index contributed by atoms with van der Waals surface area (Å²) in [6, 6.07) is 3.46. The molecule has 0 aliphatic heterocycles. The number of methoxy groups -OCH3 is 1. The van der Waals surface area contributed by atoms with E-state index in [9.17, 15) is 0 Å². The van der Waals surface area contributed by atoms with Gasteiger partial charge in [-0.25, -0.2) is 0 Å². The summed E-state index contributed by atoms with van der Waals surface area (Å²) in [5.41, 5.74) is 0.338. The second-order valence-electron chi connectivity index (χ2n) is 5.48. The molecule has 1 rings (SSSR count).